The molecule has 8 nitrogen and oxygen atoms in total. The number of hydrogen-bond acceptors (Lipinski definition) is 7. The molecular formula is C17H15N3O5S2. The lowest BCUT2D eigenvalue weighted by molar-refractivity contribution is -0.123. The van der Waals surface area contributed by atoms with Gasteiger partial charge in [0.15, 0.2) is 6.10 Å². The van der Waals surface area contributed by atoms with Crippen molar-refractivity contribution >= 4 is 49.1 Å². The van der Waals surface area contributed by atoms with Gasteiger partial charge >= 0.3 is 5.97 Å². The molecule has 0 spiro atoms. The average molecular weight is 405 g/mol. The number of ether oxygens (including phenoxy) is 1. The van der Waals surface area contributed by atoms with E-state index in [1.165, 1.54) is 42.5 Å². The van der Waals surface area contributed by atoms with Gasteiger partial charge in [-0.05, 0) is 49.4 Å². The van der Waals surface area contributed by atoms with Crippen LogP contribution in [0, 0.1) is 0 Å². The van der Waals surface area contributed by atoms with Gasteiger partial charge in [0.1, 0.15) is 0 Å². The molecule has 0 fully saturated rings. The van der Waals surface area contributed by atoms with Crippen molar-refractivity contribution in [1.29, 1.82) is 0 Å². The van der Waals surface area contributed by atoms with Crippen molar-refractivity contribution in [3.8, 4) is 0 Å². The first kappa shape index (κ1) is 19.0. The lowest BCUT2D eigenvalue weighted by atomic mass is 10.2. The second kappa shape index (κ2) is 7.43. The number of nitrogens with one attached hydrogen (secondary N) is 1. The first-order valence-corrected chi connectivity index (χ1v) is 10.1. The van der Waals surface area contributed by atoms with E-state index in [0.717, 1.165) is 10.2 Å². The lowest BCUT2D eigenvalue weighted by Gasteiger charge is -2.13. The van der Waals surface area contributed by atoms with E-state index in [1.54, 1.807) is 23.7 Å². The van der Waals surface area contributed by atoms with Crippen molar-refractivity contribution in [2.45, 2.75) is 17.9 Å². The molecule has 0 saturated carbocycles. The summed E-state index contributed by atoms with van der Waals surface area (Å²) in [5.41, 5.74) is 3.13. The third-order valence-corrected chi connectivity index (χ3v) is 5.39. The number of nitrogens with zero attached hydrogens (tertiary/aromatic N) is 1. The fourth-order valence-corrected chi connectivity index (χ4v) is 3.47. The summed E-state index contributed by atoms with van der Waals surface area (Å²) >= 11 is 1.40. The molecule has 3 rings (SSSR count). The summed E-state index contributed by atoms with van der Waals surface area (Å²) in [7, 11) is -3.81. The van der Waals surface area contributed by atoms with E-state index in [-0.39, 0.29) is 4.90 Å². The highest BCUT2D eigenvalue weighted by Gasteiger charge is 2.20. The van der Waals surface area contributed by atoms with Gasteiger partial charge in [0.05, 0.1) is 26.2 Å². The number of sulfonamides is 1. The van der Waals surface area contributed by atoms with Crippen LogP contribution in [0.5, 0.6) is 0 Å². The van der Waals surface area contributed by atoms with E-state index >= 15 is 0 Å². The maximum absolute atomic E-state index is 12.2. The average Bonchev–Trinajstić information content (AvgIpc) is 3.09. The molecule has 3 aromatic rings. The molecule has 1 aromatic heterocycles. The summed E-state index contributed by atoms with van der Waals surface area (Å²) in [5, 5.41) is 7.56. The van der Waals surface area contributed by atoms with Crippen LogP contribution < -0.4 is 10.5 Å². The Labute approximate surface area is 159 Å². The predicted molar refractivity (Wildman–Crippen MR) is 101 cm³/mol. The Hall–Kier alpha value is -2.82. The molecule has 140 valence electrons. The van der Waals surface area contributed by atoms with Crippen LogP contribution in [-0.4, -0.2) is 31.4 Å². The van der Waals surface area contributed by atoms with Crippen LogP contribution in [0.25, 0.3) is 10.2 Å². The third kappa shape index (κ3) is 4.48. The van der Waals surface area contributed by atoms with Crippen molar-refractivity contribution in [1.82, 2.24) is 4.98 Å². The number of primary sulfonamides is 1. The second-order valence-electron chi connectivity index (χ2n) is 5.64. The van der Waals surface area contributed by atoms with Crippen molar-refractivity contribution in [2.75, 3.05) is 5.32 Å². The van der Waals surface area contributed by atoms with Crippen molar-refractivity contribution in [3.63, 3.8) is 0 Å². The van der Waals surface area contributed by atoms with Crippen LogP contribution in [-0.2, 0) is 19.6 Å². The highest BCUT2D eigenvalue weighted by Crippen LogP contribution is 2.20. The highest BCUT2D eigenvalue weighted by molar-refractivity contribution is 7.89. The number of rotatable bonds is 5. The Morgan fingerprint density at radius 2 is 1.89 bits per heavy atom. The maximum Gasteiger partial charge on any atom is 0.338 e. The van der Waals surface area contributed by atoms with E-state index in [9.17, 15) is 18.0 Å². The zero-order valence-electron chi connectivity index (χ0n) is 14.1. The van der Waals surface area contributed by atoms with Gasteiger partial charge in [-0.15, -0.1) is 11.3 Å². The molecule has 0 aliphatic carbocycles. The van der Waals surface area contributed by atoms with Gasteiger partial charge in [0, 0.05) is 5.69 Å². The van der Waals surface area contributed by atoms with Gasteiger partial charge in [-0.1, -0.05) is 0 Å². The standard InChI is InChI=1S/C17H15N3O5S2/c1-10(16(21)20-12-3-5-13(6-4-12)27(18,23)24)25-17(22)11-2-7-14-15(8-11)26-9-19-14/h2-10H,1H3,(H,20,21)(H2,18,23,24). The molecule has 27 heavy (non-hydrogen) atoms. The number of fused-ring (bicyclic) bond motifs is 1. The fourth-order valence-electron chi connectivity index (χ4n) is 2.24. The van der Waals surface area contributed by atoms with Crippen LogP contribution in [0.3, 0.4) is 0 Å². The van der Waals surface area contributed by atoms with Crippen LogP contribution in [0.4, 0.5) is 5.69 Å². The molecule has 0 aliphatic heterocycles. The number of benzene rings is 2. The zero-order valence-corrected chi connectivity index (χ0v) is 15.7. The van der Waals surface area contributed by atoms with Gasteiger partial charge in [0.25, 0.3) is 5.91 Å². The van der Waals surface area contributed by atoms with Crippen molar-refractivity contribution < 1.29 is 22.7 Å². The van der Waals surface area contributed by atoms with Crippen LogP contribution in [0.1, 0.15) is 17.3 Å². The Balaban J connectivity index is 1.63. The molecule has 1 heterocycles. The van der Waals surface area contributed by atoms with Crippen molar-refractivity contribution in [2.24, 2.45) is 5.14 Å². The molecule has 0 aliphatic rings. The highest BCUT2D eigenvalue weighted by atomic mass is 32.2. The van der Waals surface area contributed by atoms with E-state index < -0.39 is 28.0 Å². The number of thiazole rings is 1. The van der Waals surface area contributed by atoms with Crippen LogP contribution in [0.2, 0.25) is 0 Å². The number of hydrogen-bond donors (Lipinski definition) is 2. The van der Waals surface area contributed by atoms with Gasteiger partial charge in [-0.25, -0.2) is 23.3 Å². The summed E-state index contributed by atoms with van der Waals surface area (Å²) in [6.07, 6.45) is -1.05. The molecule has 3 N–H and O–H groups in total. The van der Waals surface area contributed by atoms with Crippen LogP contribution in [0.15, 0.2) is 52.9 Å². The van der Waals surface area contributed by atoms with E-state index in [2.05, 4.69) is 10.3 Å². The van der Waals surface area contributed by atoms with Gasteiger partial charge in [-0.2, -0.15) is 0 Å². The minimum Gasteiger partial charge on any atom is -0.449 e. The first-order chi connectivity index (χ1) is 12.7. The van der Waals surface area contributed by atoms with Crippen LogP contribution >= 0.6 is 11.3 Å². The normalized spacial score (nSPS) is 12.5. The minimum absolute atomic E-state index is 0.0709. The van der Waals surface area contributed by atoms with Gasteiger partial charge < -0.3 is 10.1 Å². The molecule has 1 atom stereocenters. The minimum atomic E-state index is -3.81. The SMILES string of the molecule is CC(OC(=O)c1ccc2ncsc2c1)C(=O)Nc1ccc(S(N)(=O)=O)cc1. The Bertz CT molecular complexity index is 1110. The second-order valence-corrected chi connectivity index (χ2v) is 8.09. The quantitative estimate of drug-likeness (QED) is 0.626. The molecule has 0 saturated heterocycles. The Kier molecular flexibility index (Phi) is 5.22. The largest absolute Gasteiger partial charge is 0.449 e. The Morgan fingerprint density at radius 1 is 1.19 bits per heavy atom. The molecule has 2 aromatic carbocycles. The monoisotopic (exact) mass is 405 g/mol. The smallest absolute Gasteiger partial charge is 0.338 e. The molecule has 10 heteroatoms. The number of carbonyl (C=O) groups is 2. The third-order valence-electron chi connectivity index (χ3n) is 3.67. The van der Waals surface area contributed by atoms with E-state index in [0.29, 0.717) is 11.3 Å². The number of esters is 1. The number of amides is 1. The zero-order chi connectivity index (χ0) is 19.6. The molecular weight excluding hydrogens is 390 g/mol. The summed E-state index contributed by atoms with van der Waals surface area (Å²) in [5.74, 6) is -1.18. The number of aromatic nitrogens is 1. The topological polar surface area (TPSA) is 128 Å². The lowest BCUT2D eigenvalue weighted by Crippen LogP contribution is -2.30. The predicted octanol–water partition coefficient (Wildman–Crippen LogP) is 2.13. The van der Waals surface area contributed by atoms with Gasteiger partial charge in [0.2, 0.25) is 10.0 Å². The van der Waals surface area contributed by atoms with E-state index in [1.807, 2.05) is 0 Å². The molecule has 1 amide bonds. The summed E-state index contributed by atoms with van der Waals surface area (Å²) in [6.45, 7) is 1.44. The summed E-state index contributed by atoms with van der Waals surface area (Å²) in [4.78, 5) is 28.5. The molecule has 1 unspecified atom stereocenters. The number of carbonyl (C=O) groups excluding carboxylic acids is 2. The fraction of sp³-hybridized carbons (Fsp3) is 0.118. The maximum atomic E-state index is 12.2. The molecule has 0 radical (unpaired) electrons. The van der Waals surface area contributed by atoms with Crippen molar-refractivity contribution in [3.05, 3.63) is 53.5 Å². The summed E-state index contributed by atoms with van der Waals surface area (Å²) in [6, 6.07) is 10.3. The summed E-state index contributed by atoms with van der Waals surface area (Å²) < 4.78 is 28.5. The molecule has 0 bridgehead atoms. The van der Waals surface area contributed by atoms with E-state index in [4.69, 9.17) is 9.88 Å². The number of anilines is 1. The van der Waals surface area contributed by atoms with Gasteiger partial charge in [-0.3, -0.25) is 4.79 Å². The Morgan fingerprint density at radius 3 is 2.56 bits per heavy atom. The number of nitrogens with two attached hydrogens (primary N) is 1. The first-order valence-electron chi connectivity index (χ1n) is 7.72.